The number of nitrogens with one attached hydrogen (secondary N) is 1. The summed E-state index contributed by atoms with van der Waals surface area (Å²) >= 11 is 3.59. The van der Waals surface area contributed by atoms with Gasteiger partial charge < -0.3 is 4.98 Å². The lowest BCUT2D eigenvalue weighted by atomic mass is 9.95. The summed E-state index contributed by atoms with van der Waals surface area (Å²) in [5.74, 6) is 0. The van der Waals surface area contributed by atoms with E-state index in [4.69, 9.17) is 0 Å². The molecule has 0 bridgehead atoms. The molecule has 0 saturated heterocycles. The van der Waals surface area contributed by atoms with E-state index in [0.717, 1.165) is 9.99 Å². The first kappa shape index (κ1) is 15.0. The first-order valence-electron chi connectivity index (χ1n) is 7.90. The fraction of sp³-hybridized carbons (Fsp3) is 0. The SMILES string of the molecule is Brc1ccc2[nH]cc(/C(=C/c3ccccc3)c3ccccc3)c2c1. The topological polar surface area (TPSA) is 15.8 Å². The van der Waals surface area contributed by atoms with Gasteiger partial charge in [-0.3, -0.25) is 0 Å². The van der Waals surface area contributed by atoms with Crippen molar-refractivity contribution in [2.24, 2.45) is 0 Å². The van der Waals surface area contributed by atoms with Crippen molar-refractivity contribution < 1.29 is 0 Å². The Bertz CT molecular complexity index is 998. The van der Waals surface area contributed by atoms with Crippen LogP contribution in [0, 0.1) is 0 Å². The molecule has 2 heteroatoms. The highest BCUT2D eigenvalue weighted by molar-refractivity contribution is 9.10. The van der Waals surface area contributed by atoms with E-state index in [9.17, 15) is 0 Å². The van der Waals surface area contributed by atoms with E-state index in [1.807, 2.05) is 6.07 Å². The van der Waals surface area contributed by atoms with Gasteiger partial charge in [-0.15, -0.1) is 0 Å². The monoisotopic (exact) mass is 373 g/mol. The van der Waals surface area contributed by atoms with Crippen molar-refractivity contribution in [3.63, 3.8) is 0 Å². The van der Waals surface area contributed by atoms with Gasteiger partial charge >= 0.3 is 0 Å². The molecule has 0 aliphatic heterocycles. The van der Waals surface area contributed by atoms with Crippen molar-refractivity contribution in [2.75, 3.05) is 0 Å². The summed E-state index contributed by atoms with van der Waals surface area (Å²) in [6.45, 7) is 0. The van der Waals surface area contributed by atoms with E-state index in [0.29, 0.717) is 0 Å². The Kier molecular flexibility index (Phi) is 4.06. The Morgan fingerprint density at radius 3 is 2.29 bits per heavy atom. The number of rotatable bonds is 3. The summed E-state index contributed by atoms with van der Waals surface area (Å²) < 4.78 is 1.09. The Hall–Kier alpha value is -2.58. The maximum Gasteiger partial charge on any atom is 0.0461 e. The van der Waals surface area contributed by atoms with E-state index in [2.05, 4.69) is 106 Å². The molecule has 4 rings (SSSR count). The van der Waals surface area contributed by atoms with Crippen molar-refractivity contribution in [3.05, 3.63) is 106 Å². The summed E-state index contributed by atoms with van der Waals surface area (Å²) in [7, 11) is 0. The number of benzene rings is 3. The molecule has 1 heterocycles. The van der Waals surface area contributed by atoms with Crippen LogP contribution in [0.15, 0.2) is 89.5 Å². The van der Waals surface area contributed by atoms with E-state index in [1.165, 1.54) is 27.6 Å². The highest BCUT2D eigenvalue weighted by atomic mass is 79.9. The van der Waals surface area contributed by atoms with Gasteiger partial charge in [0.25, 0.3) is 0 Å². The lowest BCUT2D eigenvalue weighted by Gasteiger charge is -2.08. The first-order chi connectivity index (χ1) is 11.8. The Morgan fingerprint density at radius 2 is 1.54 bits per heavy atom. The summed E-state index contributed by atoms with van der Waals surface area (Å²) in [6.07, 6.45) is 4.34. The summed E-state index contributed by atoms with van der Waals surface area (Å²) in [5.41, 5.74) is 5.97. The van der Waals surface area contributed by atoms with Crippen LogP contribution in [0.25, 0.3) is 22.6 Å². The van der Waals surface area contributed by atoms with Crippen LogP contribution in [0.3, 0.4) is 0 Å². The first-order valence-corrected chi connectivity index (χ1v) is 8.70. The van der Waals surface area contributed by atoms with Gasteiger partial charge in [-0.05, 0) is 41.0 Å². The second-order valence-electron chi connectivity index (χ2n) is 5.73. The number of aromatic amines is 1. The van der Waals surface area contributed by atoms with Crippen molar-refractivity contribution in [3.8, 4) is 0 Å². The highest BCUT2D eigenvalue weighted by Crippen LogP contribution is 2.33. The average Bonchev–Trinajstić information content (AvgIpc) is 3.04. The molecule has 4 aromatic rings. The molecule has 0 radical (unpaired) electrons. The van der Waals surface area contributed by atoms with Crippen molar-refractivity contribution in [1.29, 1.82) is 0 Å². The molecular formula is C22H16BrN. The van der Waals surface area contributed by atoms with Crippen molar-refractivity contribution in [2.45, 2.75) is 0 Å². The normalized spacial score (nSPS) is 11.8. The molecule has 0 amide bonds. The number of hydrogen-bond donors (Lipinski definition) is 1. The molecule has 0 atom stereocenters. The zero-order valence-corrected chi connectivity index (χ0v) is 14.6. The maximum atomic E-state index is 3.59. The van der Waals surface area contributed by atoms with Crippen LogP contribution < -0.4 is 0 Å². The minimum atomic E-state index is 1.09. The van der Waals surface area contributed by atoms with Crippen molar-refractivity contribution in [1.82, 2.24) is 4.98 Å². The molecule has 0 saturated carbocycles. The fourth-order valence-corrected chi connectivity index (χ4v) is 3.33. The van der Waals surface area contributed by atoms with E-state index >= 15 is 0 Å². The number of fused-ring (bicyclic) bond motifs is 1. The molecule has 1 aromatic heterocycles. The summed E-state index contributed by atoms with van der Waals surface area (Å²) in [6, 6.07) is 27.3. The van der Waals surface area contributed by atoms with Gasteiger partial charge in [0, 0.05) is 27.1 Å². The minimum Gasteiger partial charge on any atom is -0.361 e. The quantitative estimate of drug-likeness (QED) is 0.393. The van der Waals surface area contributed by atoms with Crippen LogP contribution in [-0.4, -0.2) is 4.98 Å². The van der Waals surface area contributed by atoms with E-state index < -0.39 is 0 Å². The summed E-state index contributed by atoms with van der Waals surface area (Å²) in [5, 5.41) is 1.22. The Labute approximate surface area is 149 Å². The van der Waals surface area contributed by atoms with Crippen LogP contribution in [-0.2, 0) is 0 Å². The molecular weight excluding hydrogens is 358 g/mol. The molecule has 1 nitrogen and oxygen atoms in total. The minimum absolute atomic E-state index is 1.09. The number of H-pyrrole nitrogens is 1. The summed E-state index contributed by atoms with van der Waals surface area (Å²) in [4.78, 5) is 3.39. The van der Waals surface area contributed by atoms with Crippen LogP contribution in [0.1, 0.15) is 16.7 Å². The third kappa shape index (κ3) is 2.93. The number of aromatic nitrogens is 1. The Balaban J connectivity index is 1.96. The third-order valence-corrected chi connectivity index (χ3v) is 4.62. The van der Waals surface area contributed by atoms with Gasteiger partial charge in [0.1, 0.15) is 0 Å². The number of hydrogen-bond acceptors (Lipinski definition) is 0. The van der Waals surface area contributed by atoms with Crippen LogP contribution in [0.2, 0.25) is 0 Å². The maximum absolute atomic E-state index is 3.59. The molecule has 0 unspecified atom stereocenters. The zero-order chi connectivity index (χ0) is 16.4. The lowest BCUT2D eigenvalue weighted by molar-refractivity contribution is 1.46. The highest BCUT2D eigenvalue weighted by Gasteiger charge is 2.11. The predicted molar refractivity (Wildman–Crippen MR) is 106 cm³/mol. The van der Waals surface area contributed by atoms with Gasteiger partial charge in [-0.2, -0.15) is 0 Å². The second kappa shape index (κ2) is 6.50. The van der Waals surface area contributed by atoms with Gasteiger partial charge in [-0.25, -0.2) is 0 Å². The van der Waals surface area contributed by atoms with E-state index in [-0.39, 0.29) is 0 Å². The van der Waals surface area contributed by atoms with Crippen LogP contribution in [0.5, 0.6) is 0 Å². The lowest BCUT2D eigenvalue weighted by Crippen LogP contribution is -1.87. The molecule has 3 aromatic carbocycles. The van der Waals surface area contributed by atoms with Crippen molar-refractivity contribution >= 4 is 38.5 Å². The smallest absolute Gasteiger partial charge is 0.0461 e. The van der Waals surface area contributed by atoms with E-state index in [1.54, 1.807) is 0 Å². The van der Waals surface area contributed by atoms with Gasteiger partial charge in [0.15, 0.2) is 0 Å². The standard InChI is InChI=1S/C22H16BrN/c23-18-11-12-22-20(14-18)21(15-24-22)19(17-9-5-2-6-10-17)13-16-7-3-1-4-8-16/h1-15,24H/b19-13+. The van der Waals surface area contributed by atoms with Crippen LogP contribution in [0.4, 0.5) is 0 Å². The molecule has 0 aliphatic rings. The van der Waals surface area contributed by atoms with Gasteiger partial charge in [0.2, 0.25) is 0 Å². The largest absolute Gasteiger partial charge is 0.361 e. The number of halogens is 1. The fourth-order valence-electron chi connectivity index (χ4n) is 2.97. The van der Waals surface area contributed by atoms with Crippen LogP contribution >= 0.6 is 15.9 Å². The molecule has 0 aliphatic carbocycles. The molecule has 0 spiro atoms. The zero-order valence-electron chi connectivity index (χ0n) is 13.0. The molecule has 24 heavy (non-hydrogen) atoms. The molecule has 0 fully saturated rings. The van der Waals surface area contributed by atoms with Gasteiger partial charge in [0.05, 0.1) is 0 Å². The Morgan fingerprint density at radius 1 is 0.833 bits per heavy atom. The average molecular weight is 374 g/mol. The molecule has 1 N–H and O–H groups in total. The second-order valence-corrected chi connectivity index (χ2v) is 6.64. The predicted octanol–water partition coefficient (Wildman–Crippen LogP) is 6.52. The third-order valence-electron chi connectivity index (χ3n) is 4.13. The van der Waals surface area contributed by atoms with Gasteiger partial charge in [-0.1, -0.05) is 76.6 Å². The molecule has 116 valence electrons.